The first kappa shape index (κ1) is 21.9. The molecule has 32 heavy (non-hydrogen) atoms. The Morgan fingerprint density at radius 2 is 1.66 bits per heavy atom. The molecule has 0 aliphatic carbocycles. The van der Waals surface area contributed by atoms with Crippen molar-refractivity contribution in [2.24, 2.45) is 0 Å². The number of aromatic carboxylic acids is 1. The van der Waals surface area contributed by atoms with Gasteiger partial charge in [-0.2, -0.15) is 0 Å². The van der Waals surface area contributed by atoms with E-state index in [0.717, 1.165) is 5.69 Å². The van der Waals surface area contributed by atoms with Gasteiger partial charge < -0.3 is 19.6 Å². The monoisotopic (exact) mass is 471 g/mol. The van der Waals surface area contributed by atoms with Crippen LogP contribution < -0.4 is 9.64 Å². The number of carboxylic acids is 1. The van der Waals surface area contributed by atoms with Crippen molar-refractivity contribution in [2.45, 2.75) is 0 Å². The fourth-order valence-electron chi connectivity index (χ4n) is 3.47. The van der Waals surface area contributed by atoms with Crippen LogP contribution in [0.2, 0.25) is 10.0 Å². The Morgan fingerprint density at radius 1 is 0.938 bits per heavy atom. The number of nitrogens with zero attached hydrogens (tertiary/aromatic N) is 3. The lowest BCUT2D eigenvalue weighted by Gasteiger charge is -2.36. The molecular formula is C23H19Cl2N3O4. The molecule has 1 saturated heterocycles. The molecule has 1 aliphatic heterocycles. The van der Waals surface area contributed by atoms with Crippen molar-refractivity contribution in [1.29, 1.82) is 0 Å². The first-order valence-corrected chi connectivity index (χ1v) is 10.6. The van der Waals surface area contributed by atoms with E-state index in [1.165, 1.54) is 30.5 Å². The second kappa shape index (κ2) is 9.46. The average Bonchev–Trinajstić information content (AvgIpc) is 2.81. The maximum Gasteiger partial charge on any atom is 0.335 e. The second-order valence-corrected chi connectivity index (χ2v) is 7.93. The Morgan fingerprint density at radius 3 is 2.34 bits per heavy atom. The molecule has 0 atom stereocenters. The highest BCUT2D eigenvalue weighted by Crippen LogP contribution is 2.33. The van der Waals surface area contributed by atoms with E-state index in [1.54, 1.807) is 23.1 Å². The Bertz CT molecular complexity index is 1150. The number of rotatable bonds is 5. The van der Waals surface area contributed by atoms with E-state index in [4.69, 9.17) is 33.0 Å². The third kappa shape index (κ3) is 4.64. The number of benzene rings is 2. The quantitative estimate of drug-likeness (QED) is 0.572. The SMILES string of the molecule is O=C(O)c1ccc(Oc2ncccc2C(=O)N2CCN(c3cccc(Cl)c3Cl)CC2)cc1. The van der Waals surface area contributed by atoms with Gasteiger partial charge in [0.25, 0.3) is 5.91 Å². The van der Waals surface area contributed by atoms with Gasteiger partial charge in [-0.3, -0.25) is 4.79 Å². The van der Waals surface area contributed by atoms with Crippen molar-refractivity contribution in [1.82, 2.24) is 9.88 Å². The van der Waals surface area contributed by atoms with Gasteiger partial charge in [-0.05, 0) is 48.5 Å². The van der Waals surface area contributed by atoms with Crippen molar-refractivity contribution < 1.29 is 19.4 Å². The molecule has 1 amide bonds. The number of hydrogen-bond acceptors (Lipinski definition) is 5. The molecule has 1 fully saturated rings. The summed E-state index contributed by atoms with van der Waals surface area (Å²) in [6.45, 7) is 2.23. The fraction of sp³-hybridized carbons (Fsp3) is 0.174. The molecule has 0 bridgehead atoms. The van der Waals surface area contributed by atoms with Crippen LogP contribution in [0.4, 0.5) is 5.69 Å². The summed E-state index contributed by atoms with van der Waals surface area (Å²) in [5.74, 6) is -0.653. The number of halogens is 2. The van der Waals surface area contributed by atoms with Gasteiger partial charge >= 0.3 is 5.97 Å². The highest BCUT2D eigenvalue weighted by Gasteiger charge is 2.26. The topological polar surface area (TPSA) is 83.0 Å². The Labute approximate surface area is 194 Å². The van der Waals surface area contributed by atoms with Gasteiger partial charge in [0.1, 0.15) is 11.3 Å². The highest BCUT2D eigenvalue weighted by molar-refractivity contribution is 6.43. The maximum absolute atomic E-state index is 13.2. The Hall–Kier alpha value is -3.29. The number of carbonyl (C=O) groups excluding carboxylic acids is 1. The third-order valence-electron chi connectivity index (χ3n) is 5.16. The summed E-state index contributed by atoms with van der Waals surface area (Å²) in [7, 11) is 0. The summed E-state index contributed by atoms with van der Waals surface area (Å²) < 4.78 is 5.78. The van der Waals surface area contributed by atoms with Crippen LogP contribution in [0.3, 0.4) is 0 Å². The van der Waals surface area contributed by atoms with E-state index in [9.17, 15) is 9.59 Å². The van der Waals surface area contributed by atoms with Crippen LogP contribution in [0.1, 0.15) is 20.7 Å². The Kier molecular flexibility index (Phi) is 6.48. The number of carboxylic acid groups (broad SMARTS) is 1. The van der Waals surface area contributed by atoms with Gasteiger partial charge in [0.15, 0.2) is 0 Å². The van der Waals surface area contributed by atoms with Crippen molar-refractivity contribution in [3.05, 3.63) is 82.0 Å². The molecule has 3 aromatic rings. The number of anilines is 1. The molecule has 1 N–H and O–H groups in total. The van der Waals surface area contributed by atoms with E-state index in [2.05, 4.69) is 9.88 Å². The van der Waals surface area contributed by atoms with Crippen LogP contribution in [0.25, 0.3) is 0 Å². The lowest BCUT2D eigenvalue weighted by molar-refractivity contribution is 0.0695. The summed E-state index contributed by atoms with van der Waals surface area (Å²) in [5, 5.41) is 10.0. The van der Waals surface area contributed by atoms with Crippen LogP contribution in [0, 0.1) is 0 Å². The van der Waals surface area contributed by atoms with Crippen LogP contribution in [-0.4, -0.2) is 53.0 Å². The zero-order valence-electron chi connectivity index (χ0n) is 16.9. The van der Waals surface area contributed by atoms with Gasteiger partial charge in [-0.25, -0.2) is 9.78 Å². The third-order valence-corrected chi connectivity index (χ3v) is 5.97. The van der Waals surface area contributed by atoms with Crippen molar-refractivity contribution in [3.8, 4) is 11.6 Å². The lowest BCUT2D eigenvalue weighted by Crippen LogP contribution is -2.49. The minimum absolute atomic E-state index is 0.146. The number of hydrogen-bond donors (Lipinski definition) is 1. The average molecular weight is 472 g/mol. The van der Waals surface area contributed by atoms with Crippen molar-refractivity contribution in [3.63, 3.8) is 0 Å². The highest BCUT2D eigenvalue weighted by atomic mass is 35.5. The number of ether oxygens (including phenoxy) is 1. The van der Waals surface area contributed by atoms with Gasteiger partial charge in [0.2, 0.25) is 5.88 Å². The smallest absolute Gasteiger partial charge is 0.335 e. The van der Waals surface area contributed by atoms with Crippen molar-refractivity contribution in [2.75, 3.05) is 31.1 Å². The normalized spacial score (nSPS) is 13.7. The molecule has 164 valence electrons. The van der Waals surface area contributed by atoms with Crippen molar-refractivity contribution >= 4 is 40.8 Å². The number of amides is 1. The molecule has 0 saturated carbocycles. The molecule has 2 aromatic carbocycles. The van der Waals surface area contributed by atoms with Crippen LogP contribution in [0.5, 0.6) is 11.6 Å². The van der Waals surface area contributed by atoms with E-state index < -0.39 is 5.97 Å². The molecule has 0 radical (unpaired) electrons. The minimum atomic E-state index is -1.02. The molecular weight excluding hydrogens is 453 g/mol. The molecule has 9 heteroatoms. The summed E-state index contributed by atoms with van der Waals surface area (Å²) >= 11 is 12.5. The predicted molar refractivity (Wildman–Crippen MR) is 122 cm³/mol. The molecule has 7 nitrogen and oxygen atoms in total. The number of aromatic nitrogens is 1. The van der Waals surface area contributed by atoms with Gasteiger partial charge in [0, 0.05) is 32.4 Å². The minimum Gasteiger partial charge on any atom is -0.478 e. The summed E-state index contributed by atoms with van der Waals surface area (Å²) in [6, 6.07) is 14.8. The maximum atomic E-state index is 13.2. The van der Waals surface area contributed by atoms with E-state index in [-0.39, 0.29) is 17.4 Å². The van der Waals surface area contributed by atoms with Gasteiger partial charge in [-0.1, -0.05) is 29.3 Å². The van der Waals surface area contributed by atoms with Crippen LogP contribution in [0.15, 0.2) is 60.8 Å². The lowest BCUT2D eigenvalue weighted by atomic mass is 10.2. The molecule has 1 aliphatic rings. The summed E-state index contributed by atoms with van der Waals surface area (Å²) in [6.07, 6.45) is 1.54. The summed E-state index contributed by atoms with van der Waals surface area (Å²) in [4.78, 5) is 32.2. The second-order valence-electron chi connectivity index (χ2n) is 7.14. The fourth-order valence-corrected chi connectivity index (χ4v) is 3.88. The van der Waals surface area contributed by atoms with E-state index in [0.29, 0.717) is 47.5 Å². The molecule has 1 aromatic heterocycles. The standard InChI is InChI=1S/C23H19Cl2N3O4/c24-18-4-1-5-19(20(18)25)27-11-13-28(14-12-27)22(29)17-3-2-10-26-21(17)32-16-8-6-15(7-9-16)23(30)31/h1-10H,11-14H2,(H,30,31). The zero-order valence-corrected chi connectivity index (χ0v) is 18.4. The number of carbonyl (C=O) groups is 2. The molecule has 0 unspecified atom stereocenters. The van der Waals surface area contributed by atoms with Crippen LogP contribution in [-0.2, 0) is 0 Å². The number of piperazine rings is 1. The van der Waals surface area contributed by atoms with Gasteiger partial charge in [-0.15, -0.1) is 0 Å². The molecule has 2 heterocycles. The van der Waals surface area contributed by atoms with Crippen LogP contribution >= 0.6 is 23.2 Å². The van der Waals surface area contributed by atoms with E-state index in [1.807, 2.05) is 12.1 Å². The zero-order chi connectivity index (χ0) is 22.7. The van der Waals surface area contributed by atoms with Gasteiger partial charge in [0.05, 0.1) is 21.3 Å². The molecule has 4 rings (SSSR count). The Balaban J connectivity index is 1.46. The first-order chi connectivity index (χ1) is 15.4. The van der Waals surface area contributed by atoms with E-state index >= 15 is 0 Å². The number of pyridine rings is 1. The summed E-state index contributed by atoms with van der Waals surface area (Å²) in [5.41, 5.74) is 1.33. The largest absolute Gasteiger partial charge is 0.478 e. The predicted octanol–water partition coefficient (Wildman–Crippen LogP) is 4.84. The molecule has 0 spiro atoms. The first-order valence-electron chi connectivity index (χ1n) is 9.88.